The molecule has 0 aromatic heterocycles. The third-order valence-corrected chi connectivity index (χ3v) is 2.61. The Hall–Kier alpha value is -0.720. The number of rotatable bonds is 1. The fraction of sp³-hybridized carbons (Fsp3) is 0.600. The van der Waals surface area contributed by atoms with Gasteiger partial charge >= 0.3 is 0 Å². The minimum Gasteiger partial charge on any atom is -0.372 e. The van der Waals surface area contributed by atoms with Crippen LogP contribution < -0.4 is 0 Å². The first-order valence-corrected chi connectivity index (χ1v) is 4.22. The first-order chi connectivity index (χ1) is 5.16. The van der Waals surface area contributed by atoms with E-state index in [1.165, 1.54) is 24.1 Å². The molecule has 0 aromatic rings. The van der Waals surface area contributed by atoms with Crippen molar-refractivity contribution in [3.8, 4) is 0 Å². The van der Waals surface area contributed by atoms with E-state index in [1.807, 2.05) is 6.08 Å². The summed E-state index contributed by atoms with van der Waals surface area (Å²) in [4.78, 5) is 2.31. The molecule has 0 aliphatic carbocycles. The molecular weight excluding hydrogens is 134 g/mol. The molecule has 0 amide bonds. The largest absolute Gasteiger partial charge is 0.372 e. The topological polar surface area (TPSA) is 3.24 Å². The first-order valence-electron chi connectivity index (χ1n) is 4.22. The summed E-state index contributed by atoms with van der Waals surface area (Å²) in [5.74, 6) is 0. The van der Waals surface area contributed by atoms with Crippen LogP contribution in [0.5, 0.6) is 0 Å². The van der Waals surface area contributed by atoms with Crippen molar-refractivity contribution in [3.63, 3.8) is 0 Å². The Morgan fingerprint density at radius 2 is 2.27 bits per heavy atom. The molecule has 0 fully saturated rings. The van der Waals surface area contributed by atoms with Crippen molar-refractivity contribution in [2.24, 2.45) is 0 Å². The van der Waals surface area contributed by atoms with Crippen LogP contribution in [0.25, 0.3) is 0 Å². The normalized spacial score (nSPS) is 25.7. The molecule has 1 unspecified atom stereocenters. The van der Waals surface area contributed by atoms with Gasteiger partial charge in [-0.1, -0.05) is 6.58 Å². The molecule has 1 atom stereocenters. The molecule has 62 valence electrons. The van der Waals surface area contributed by atoms with Gasteiger partial charge in [-0.05, 0) is 38.3 Å². The van der Waals surface area contributed by atoms with Crippen LogP contribution in [0, 0.1) is 0 Å². The van der Waals surface area contributed by atoms with Crippen LogP contribution in [-0.2, 0) is 0 Å². The molecule has 1 heterocycles. The maximum absolute atomic E-state index is 3.82. The Bertz CT molecular complexity index is 191. The zero-order valence-corrected chi connectivity index (χ0v) is 7.72. The Morgan fingerprint density at radius 1 is 1.64 bits per heavy atom. The highest BCUT2D eigenvalue weighted by Crippen LogP contribution is 2.25. The Kier molecular flexibility index (Phi) is 2.38. The molecule has 0 saturated heterocycles. The molecule has 0 N–H and O–H groups in total. The van der Waals surface area contributed by atoms with E-state index in [0.717, 1.165) is 0 Å². The molecule has 11 heavy (non-hydrogen) atoms. The van der Waals surface area contributed by atoms with Gasteiger partial charge in [0.25, 0.3) is 0 Å². The van der Waals surface area contributed by atoms with Gasteiger partial charge in [0, 0.05) is 18.8 Å². The average molecular weight is 151 g/mol. The predicted octanol–water partition coefficient (Wildman–Crippen LogP) is 2.56. The van der Waals surface area contributed by atoms with E-state index in [-0.39, 0.29) is 0 Å². The maximum atomic E-state index is 3.82. The highest BCUT2D eigenvalue weighted by Gasteiger charge is 2.17. The summed E-state index contributed by atoms with van der Waals surface area (Å²) in [7, 11) is 2.14. The van der Waals surface area contributed by atoms with Crippen LogP contribution in [0.1, 0.15) is 26.7 Å². The van der Waals surface area contributed by atoms with Crippen molar-refractivity contribution in [3.05, 3.63) is 23.9 Å². The highest BCUT2D eigenvalue weighted by molar-refractivity contribution is 5.24. The van der Waals surface area contributed by atoms with Gasteiger partial charge in [-0.25, -0.2) is 0 Å². The van der Waals surface area contributed by atoms with Crippen molar-refractivity contribution in [2.75, 3.05) is 7.05 Å². The number of hydrogen-bond donors (Lipinski definition) is 0. The van der Waals surface area contributed by atoms with Gasteiger partial charge < -0.3 is 4.90 Å². The molecule has 1 aliphatic rings. The summed E-state index contributed by atoms with van der Waals surface area (Å²) in [6.45, 7) is 8.27. The van der Waals surface area contributed by atoms with Gasteiger partial charge in [-0.3, -0.25) is 0 Å². The van der Waals surface area contributed by atoms with E-state index < -0.39 is 0 Å². The molecule has 1 heteroatoms. The summed E-state index contributed by atoms with van der Waals surface area (Å²) in [5, 5.41) is 0. The Balaban J connectivity index is 2.88. The van der Waals surface area contributed by atoms with Gasteiger partial charge in [-0.15, -0.1) is 0 Å². The van der Waals surface area contributed by atoms with Gasteiger partial charge in [0.1, 0.15) is 0 Å². The highest BCUT2D eigenvalue weighted by atomic mass is 15.1. The van der Waals surface area contributed by atoms with Gasteiger partial charge in [0.15, 0.2) is 0 Å². The first kappa shape index (κ1) is 8.38. The monoisotopic (exact) mass is 151 g/mol. The van der Waals surface area contributed by atoms with Gasteiger partial charge in [-0.2, -0.15) is 0 Å². The number of likely N-dealkylation sites (N-methyl/N-ethyl adjacent to an activating group) is 1. The molecule has 1 aliphatic heterocycles. The molecule has 0 aromatic carbocycles. The summed E-state index contributed by atoms with van der Waals surface area (Å²) in [5.41, 5.74) is 2.80. The summed E-state index contributed by atoms with van der Waals surface area (Å²) < 4.78 is 0. The zero-order chi connectivity index (χ0) is 8.43. The van der Waals surface area contributed by atoms with E-state index in [9.17, 15) is 0 Å². The van der Waals surface area contributed by atoms with Crippen LogP contribution in [0.3, 0.4) is 0 Å². The molecule has 0 radical (unpaired) electrons. The van der Waals surface area contributed by atoms with Crippen LogP contribution in [0.15, 0.2) is 23.9 Å². The second-order valence-electron chi connectivity index (χ2n) is 3.37. The van der Waals surface area contributed by atoms with Crippen molar-refractivity contribution in [1.82, 2.24) is 4.90 Å². The van der Waals surface area contributed by atoms with Gasteiger partial charge in [0.05, 0.1) is 0 Å². The summed E-state index contributed by atoms with van der Waals surface area (Å²) >= 11 is 0. The van der Waals surface area contributed by atoms with Crippen LogP contribution in [0.4, 0.5) is 0 Å². The SMILES string of the molecule is C=CC1=C(C)CCC(C)N1C. The van der Waals surface area contributed by atoms with Crippen molar-refractivity contribution >= 4 is 0 Å². The van der Waals surface area contributed by atoms with Crippen molar-refractivity contribution in [2.45, 2.75) is 32.7 Å². The van der Waals surface area contributed by atoms with E-state index in [0.29, 0.717) is 6.04 Å². The van der Waals surface area contributed by atoms with Crippen molar-refractivity contribution in [1.29, 1.82) is 0 Å². The molecule has 0 saturated carbocycles. The van der Waals surface area contributed by atoms with E-state index in [4.69, 9.17) is 0 Å². The molecule has 1 rings (SSSR count). The smallest absolute Gasteiger partial charge is 0.0349 e. The van der Waals surface area contributed by atoms with E-state index in [2.05, 4.69) is 32.4 Å². The Morgan fingerprint density at radius 3 is 2.73 bits per heavy atom. The van der Waals surface area contributed by atoms with Crippen LogP contribution >= 0.6 is 0 Å². The number of nitrogens with zero attached hydrogens (tertiary/aromatic N) is 1. The lowest BCUT2D eigenvalue weighted by molar-refractivity contribution is 0.293. The average Bonchev–Trinajstić information content (AvgIpc) is 1.99. The Labute approximate surface area is 69.4 Å². The van der Waals surface area contributed by atoms with Crippen LogP contribution in [0.2, 0.25) is 0 Å². The van der Waals surface area contributed by atoms with E-state index >= 15 is 0 Å². The van der Waals surface area contributed by atoms with Gasteiger partial charge in [0.2, 0.25) is 0 Å². The van der Waals surface area contributed by atoms with E-state index in [1.54, 1.807) is 0 Å². The molecule has 0 spiro atoms. The predicted molar refractivity (Wildman–Crippen MR) is 49.4 cm³/mol. The minimum atomic E-state index is 0.673. The molecule has 1 nitrogen and oxygen atoms in total. The quantitative estimate of drug-likeness (QED) is 0.556. The molecule has 0 bridgehead atoms. The standard InChI is InChI=1S/C10H17N/c1-5-10-8(2)6-7-9(3)11(10)4/h5,9H,1,6-7H2,2-4H3. The fourth-order valence-corrected chi connectivity index (χ4v) is 1.60. The summed E-state index contributed by atoms with van der Waals surface area (Å²) in [6.07, 6.45) is 4.47. The van der Waals surface area contributed by atoms with Crippen molar-refractivity contribution < 1.29 is 0 Å². The number of hydrogen-bond acceptors (Lipinski definition) is 1. The summed E-state index contributed by atoms with van der Waals surface area (Å²) in [6, 6.07) is 0.673. The third kappa shape index (κ3) is 1.47. The lowest BCUT2D eigenvalue weighted by Gasteiger charge is -2.33. The zero-order valence-electron chi connectivity index (χ0n) is 7.72. The lowest BCUT2D eigenvalue weighted by Crippen LogP contribution is -2.31. The lowest BCUT2D eigenvalue weighted by atomic mass is 9.99. The van der Waals surface area contributed by atoms with Crippen LogP contribution in [-0.4, -0.2) is 18.0 Å². The minimum absolute atomic E-state index is 0.673. The second kappa shape index (κ2) is 3.12. The maximum Gasteiger partial charge on any atom is 0.0349 e. The second-order valence-corrected chi connectivity index (χ2v) is 3.37. The fourth-order valence-electron chi connectivity index (χ4n) is 1.60. The number of allylic oxidation sites excluding steroid dienone is 2. The molecular formula is C10H17N. The third-order valence-electron chi connectivity index (χ3n) is 2.61.